The Labute approximate surface area is 109 Å². The monoisotopic (exact) mass is 257 g/mol. The second-order valence-electron chi connectivity index (χ2n) is 4.41. The molecule has 0 bridgehead atoms. The molecule has 5 nitrogen and oxygen atoms in total. The van der Waals surface area contributed by atoms with Gasteiger partial charge >= 0.3 is 0 Å². The van der Waals surface area contributed by atoms with Crippen molar-refractivity contribution in [3.8, 4) is 11.4 Å². The molecule has 6 heteroatoms. The quantitative estimate of drug-likeness (QED) is 0.764. The number of nitrogens with zero attached hydrogens (tertiary/aromatic N) is 4. The Kier molecular flexibility index (Phi) is 2.63. The molecule has 1 N–H and O–H groups in total. The first-order valence-electron chi connectivity index (χ1n) is 5.78. The second-order valence-corrected chi connectivity index (χ2v) is 4.41. The molecule has 3 heterocycles. The Balaban J connectivity index is 2.11. The lowest BCUT2D eigenvalue weighted by atomic mass is 10.3. The van der Waals surface area contributed by atoms with E-state index < -0.39 is 0 Å². The van der Waals surface area contributed by atoms with Gasteiger partial charge in [0.2, 0.25) is 0 Å². The first-order chi connectivity index (χ1) is 9.13. The summed E-state index contributed by atoms with van der Waals surface area (Å²) >= 11 is 0. The fraction of sp³-hybridized carbons (Fsp3) is 0.154. The van der Waals surface area contributed by atoms with E-state index in [0.717, 1.165) is 17.5 Å². The van der Waals surface area contributed by atoms with Crippen LogP contribution in [0.15, 0.2) is 30.6 Å². The highest BCUT2D eigenvalue weighted by atomic mass is 19.1. The first-order valence-corrected chi connectivity index (χ1v) is 5.78. The standard InChI is InChI=1S/C13H12FN5/c1-19(2)11-4-3-10-13(17-11)18-12(16-10)8-5-9(14)7-15-6-8/h3-7H,1-2H3,(H,16,17,18). The van der Waals surface area contributed by atoms with Crippen LogP contribution in [-0.4, -0.2) is 34.0 Å². The molecule has 0 atom stereocenters. The number of fused-ring (bicyclic) bond motifs is 1. The zero-order chi connectivity index (χ0) is 13.4. The molecule has 0 radical (unpaired) electrons. The Morgan fingerprint density at radius 2 is 2.00 bits per heavy atom. The van der Waals surface area contributed by atoms with Crippen LogP contribution < -0.4 is 4.90 Å². The van der Waals surface area contributed by atoms with Gasteiger partial charge in [0.05, 0.1) is 11.7 Å². The molecule has 0 aliphatic rings. The summed E-state index contributed by atoms with van der Waals surface area (Å²) in [5.74, 6) is 0.994. The van der Waals surface area contributed by atoms with E-state index in [2.05, 4.69) is 19.9 Å². The van der Waals surface area contributed by atoms with E-state index in [0.29, 0.717) is 17.0 Å². The minimum absolute atomic E-state index is 0.389. The Morgan fingerprint density at radius 3 is 2.74 bits per heavy atom. The number of imidazole rings is 1. The number of hydrogen-bond acceptors (Lipinski definition) is 4. The van der Waals surface area contributed by atoms with Crippen molar-refractivity contribution in [2.24, 2.45) is 0 Å². The molecule has 0 amide bonds. The molecule has 3 rings (SSSR count). The van der Waals surface area contributed by atoms with Crippen molar-refractivity contribution in [3.05, 3.63) is 36.4 Å². The number of aromatic nitrogens is 4. The lowest BCUT2D eigenvalue weighted by Gasteiger charge is -2.09. The fourth-order valence-corrected chi connectivity index (χ4v) is 1.81. The van der Waals surface area contributed by atoms with Gasteiger partial charge in [0.15, 0.2) is 5.65 Å². The highest BCUT2D eigenvalue weighted by molar-refractivity contribution is 5.77. The zero-order valence-corrected chi connectivity index (χ0v) is 10.6. The van der Waals surface area contributed by atoms with E-state index in [1.165, 1.54) is 6.07 Å². The molecule has 19 heavy (non-hydrogen) atoms. The number of rotatable bonds is 2. The van der Waals surface area contributed by atoms with Crippen LogP contribution in [0.1, 0.15) is 0 Å². The summed E-state index contributed by atoms with van der Waals surface area (Å²) in [5, 5.41) is 0. The summed E-state index contributed by atoms with van der Waals surface area (Å²) in [4.78, 5) is 17.6. The van der Waals surface area contributed by atoms with Crippen LogP contribution in [0.4, 0.5) is 10.2 Å². The lowest BCUT2D eigenvalue weighted by molar-refractivity contribution is 0.622. The Morgan fingerprint density at radius 1 is 1.16 bits per heavy atom. The number of nitrogens with one attached hydrogen (secondary N) is 1. The molecule has 0 aliphatic carbocycles. The van der Waals surface area contributed by atoms with Crippen molar-refractivity contribution in [1.29, 1.82) is 0 Å². The fourth-order valence-electron chi connectivity index (χ4n) is 1.81. The number of pyridine rings is 2. The molecular formula is C13H12FN5. The predicted octanol–water partition coefficient (Wildman–Crippen LogP) is 2.22. The van der Waals surface area contributed by atoms with Crippen LogP contribution in [-0.2, 0) is 0 Å². The van der Waals surface area contributed by atoms with Crippen molar-refractivity contribution < 1.29 is 4.39 Å². The number of hydrogen-bond donors (Lipinski definition) is 1. The number of anilines is 1. The van der Waals surface area contributed by atoms with Gasteiger partial charge in [-0.1, -0.05) is 0 Å². The van der Waals surface area contributed by atoms with E-state index in [4.69, 9.17) is 0 Å². The third-order valence-corrected chi connectivity index (χ3v) is 2.77. The van der Waals surface area contributed by atoms with Crippen molar-refractivity contribution in [2.75, 3.05) is 19.0 Å². The van der Waals surface area contributed by atoms with Gasteiger partial charge in [0.1, 0.15) is 17.5 Å². The highest BCUT2D eigenvalue weighted by Crippen LogP contribution is 2.21. The van der Waals surface area contributed by atoms with E-state index in [9.17, 15) is 4.39 Å². The van der Waals surface area contributed by atoms with E-state index >= 15 is 0 Å². The van der Waals surface area contributed by atoms with Gasteiger partial charge in [-0.25, -0.2) is 14.4 Å². The molecule has 0 unspecified atom stereocenters. The van der Waals surface area contributed by atoms with Gasteiger partial charge in [-0.2, -0.15) is 0 Å². The molecular weight excluding hydrogens is 245 g/mol. The zero-order valence-electron chi connectivity index (χ0n) is 10.6. The Hall–Kier alpha value is -2.50. The SMILES string of the molecule is CN(C)c1ccc2[nH]c(-c3cncc(F)c3)nc2n1. The number of aromatic amines is 1. The maximum Gasteiger partial charge on any atom is 0.180 e. The minimum atomic E-state index is -0.389. The van der Waals surface area contributed by atoms with E-state index in [1.54, 1.807) is 6.20 Å². The highest BCUT2D eigenvalue weighted by Gasteiger charge is 2.08. The number of H-pyrrole nitrogens is 1. The normalized spacial score (nSPS) is 10.9. The predicted molar refractivity (Wildman–Crippen MR) is 71.4 cm³/mol. The van der Waals surface area contributed by atoms with Gasteiger partial charge < -0.3 is 9.88 Å². The van der Waals surface area contributed by atoms with Gasteiger partial charge in [0, 0.05) is 25.9 Å². The molecule has 3 aromatic heterocycles. The maximum absolute atomic E-state index is 13.2. The summed E-state index contributed by atoms with van der Waals surface area (Å²) in [6.07, 6.45) is 2.72. The number of halogens is 1. The van der Waals surface area contributed by atoms with Crippen LogP contribution in [0.5, 0.6) is 0 Å². The molecule has 0 spiro atoms. The van der Waals surface area contributed by atoms with Crippen molar-refractivity contribution in [3.63, 3.8) is 0 Å². The molecule has 0 aromatic carbocycles. The summed E-state index contributed by atoms with van der Waals surface area (Å²) in [7, 11) is 3.83. The molecule has 0 fully saturated rings. The molecule has 3 aromatic rings. The third kappa shape index (κ3) is 2.12. The average Bonchev–Trinajstić information content (AvgIpc) is 2.81. The largest absolute Gasteiger partial charge is 0.363 e. The second kappa shape index (κ2) is 4.31. The van der Waals surface area contributed by atoms with Crippen LogP contribution >= 0.6 is 0 Å². The first kappa shape index (κ1) is 11.6. The summed E-state index contributed by atoms with van der Waals surface area (Å²) in [6, 6.07) is 5.19. The van der Waals surface area contributed by atoms with Crippen LogP contribution in [0.3, 0.4) is 0 Å². The van der Waals surface area contributed by atoms with Crippen LogP contribution in [0.25, 0.3) is 22.6 Å². The average molecular weight is 257 g/mol. The van der Waals surface area contributed by atoms with Crippen molar-refractivity contribution >= 4 is 17.0 Å². The molecule has 0 saturated heterocycles. The van der Waals surface area contributed by atoms with Crippen molar-refractivity contribution in [1.82, 2.24) is 19.9 Å². The summed E-state index contributed by atoms with van der Waals surface area (Å²) < 4.78 is 13.2. The third-order valence-electron chi connectivity index (χ3n) is 2.77. The van der Waals surface area contributed by atoms with Gasteiger partial charge in [-0.05, 0) is 18.2 Å². The topological polar surface area (TPSA) is 57.7 Å². The minimum Gasteiger partial charge on any atom is -0.363 e. The van der Waals surface area contributed by atoms with Crippen LogP contribution in [0, 0.1) is 5.82 Å². The van der Waals surface area contributed by atoms with Gasteiger partial charge in [0.25, 0.3) is 0 Å². The van der Waals surface area contributed by atoms with Gasteiger partial charge in [-0.3, -0.25) is 4.98 Å². The molecule has 0 aliphatic heterocycles. The molecule has 0 saturated carbocycles. The van der Waals surface area contributed by atoms with Crippen molar-refractivity contribution in [2.45, 2.75) is 0 Å². The smallest absolute Gasteiger partial charge is 0.180 e. The molecule has 96 valence electrons. The lowest BCUT2D eigenvalue weighted by Crippen LogP contribution is -2.10. The van der Waals surface area contributed by atoms with Crippen LogP contribution in [0.2, 0.25) is 0 Å². The maximum atomic E-state index is 13.2. The van der Waals surface area contributed by atoms with Gasteiger partial charge in [-0.15, -0.1) is 0 Å². The summed E-state index contributed by atoms with van der Waals surface area (Å²) in [6.45, 7) is 0. The van der Waals surface area contributed by atoms with E-state index in [1.807, 2.05) is 31.1 Å². The Bertz CT molecular complexity index is 735. The van der Waals surface area contributed by atoms with E-state index in [-0.39, 0.29) is 5.82 Å². The summed E-state index contributed by atoms with van der Waals surface area (Å²) in [5.41, 5.74) is 2.01.